The molecule has 0 spiro atoms. The van der Waals surface area contributed by atoms with E-state index in [0.29, 0.717) is 9.16 Å². The largest absolute Gasteiger partial charge is 0.391 e. The third kappa shape index (κ3) is 6.56. The minimum absolute atomic E-state index is 0.223. The zero-order chi connectivity index (χ0) is 18.2. The summed E-state index contributed by atoms with van der Waals surface area (Å²) in [7, 11) is 0. The molecule has 2 heterocycles. The van der Waals surface area contributed by atoms with Crippen molar-refractivity contribution in [2.45, 2.75) is 59.9 Å². The Morgan fingerprint density at radius 3 is 1.50 bits per heavy atom. The van der Waals surface area contributed by atoms with Gasteiger partial charge in [0.05, 0.1) is 21.4 Å². The number of aliphatic hydroxyl groups is 2. The van der Waals surface area contributed by atoms with Crippen LogP contribution in [0.15, 0.2) is 24.3 Å². The molecule has 2 nitrogen and oxygen atoms in total. The van der Waals surface area contributed by atoms with Crippen molar-refractivity contribution in [3.63, 3.8) is 0 Å². The highest BCUT2D eigenvalue weighted by Crippen LogP contribution is 2.35. The predicted molar refractivity (Wildman–Crippen MR) is 122 cm³/mol. The van der Waals surface area contributed by atoms with Crippen LogP contribution in [0.25, 0.3) is 0 Å². The lowest BCUT2D eigenvalue weighted by atomic mass is 9.97. The maximum atomic E-state index is 10.5. The molecule has 2 atom stereocenters. The first-order valence-electron chi connectivity index (χ1n) is 9.63. The van der Waals surface area contributed by atoms with E-state index < -0.39 is 0 Å². The second-order valence-electron chi connectivity index (χ2n) is 6.91. The lowest BCUT2D eigenvalue weighted by Gasteiger charge is -2.26. The lowest BCUT2D eigenvalue weighted by Crippen LogP contribution is -2.25. The van der Waals surface area contributed by atoms with Gasteiger partial charge in [-0.15, -0.1) is 47.0 Å². The number of aryl methyl sites for hydroxylation is 2. The standard InChI is InChI=1S/C20H30O2S4/c21-17(19-23-11-3-12-24-19)9-7-15-5-1-2-6-16(15)8-10-18(22)20-25-13-4-14-26-20/h1-2,5-6,17-22H,3-4,7-14H2/t17-,18-/m0/s1. The summed E-state index contributed by atoms with van der Waals surface area (Å²) in [6.45, 7) is 0. The number of hydrogen-bond acceptors (Lipinski definition) is 6. The van der Waals surface area contributed by atoms with Crippen LogP contribution in [0, 0.1) is 0 Å². The number of rotatable bonds is 8. The lowest BCUT2D eigenvalue weighted by molar-refractivity contribution is 0.179. The zero-order valence-corrected chi connectivity index (χ0v) is 18.5. The fourth-order valence-corrected chi connectivity index (χ4v) is 9.28. The van der Waals surface area contributed by atoms with Gasteiger partial charge in [-0.1, -0.05) is 24.3 Å². The van der Waals surface area contributed by atoms with Gasteiger partial charge in [-0.2, -0.15) is 0 Å². The predicted octanol–water partition coefficient (Wildman–Crippen LogP) is 4.67. The van der Waals surface area contributed by atoms with Gasteiger partial charge in [0.2, 0.25) is 0 Å². The molecule has 0 amide bonds. The quantitative estimate of drug-likeness (QED) is 0.625. The molecule has 2 aliphatic heterocycles. The number of hydrogen-bond donors (Lipinski definition) is 2. The Labute approximate surface area is 175 Å². The van der Waals surface area contributed by atoms with Crippen molar-refractivity contribution in [3.8, 4) is 0 Å². The summed E-state index contributed by atoms with van der Waals surface area (Å²) in [6.07, 6.45) is 5.60. The molecule has 1 aromatic rings. The minimum atomic E-state index is -0.223. The molecular weight excluding hydrogens is 400 g/mol. The van der Waals surface area contributed by atoms with Gasteiger partial charge in [-0.05, 0) is 72.7 Å². The maximum absolute atomic E-state index is 10.5. The van der Waals surface area contributed by atoms with Gasteiger partial charge >= 0.3 is 0 Å². The van der Waals surface area contributed by atoms with Gasteiger partial charge < -0.3 is 10.2 Å². The van der Waals surface area contributed by atoms with Crippen molar-refractivity contribution in [1.82, 2.24) is 0 Å². The third-order valence-corrected chi connectivity index (χ3v) is 11.2. The summed E-state index contributed by atoms with van der Waals surface area (Å²) < 4.78 is 0.691. The van der Waals surface area contributed by atoms with E-state index in [9.17, 15) is 10.2 Å². The van der Waals surface area contributed by atoms with E-state index in [1.807, 2.05) is 47.0 Å². The molecule has 0 radical (unpaired) electrons. The van der Waals surface area contributed by atoms with E-state index >= 15 is 0 Å². The monoisotopic (exact) mass is 430 g/mol. The fourth-order valence-electron chi connectivity index (χ4n) is 3.38. The van der Waals surface area contributed by atoms with E-state index in [0.717, 1.165) is 25.7 Å². The molecule has 2 saturated heterocycles. The van der Waals surface area contributed by atoms with E-state index in [4.69, 9.17) is 0 Å². The Morgan fingerprint density at radius 1 is 0.731 bits per heavy atom. The van der Waals surface area contributed by atoms with Crippen LogP contribution in [0.4, 0.5) is 0 Å². The molecule has 0 saturated carbocycles. The van der Waals surface area contributed by atoms with Crippen LogP contribution in [-0.2, 0) is 12.8 Å². The van der Waals surface area contributed by atoms with Gasteiger partial charge in [0.1, 0.15) is 0 Å². The SMILES string of the molecule is O[C@@H](CCc1ccccc1CC[C@H](O)C1SCCCS1)C1SCCCS1. The Hall–Kier alpha value is 0.540. The van der Waals surface area contributed by atoms with Crippen molar-refractivity contribution in [2.24, 2.45) is 0 Å². The molecular formula is C20H30O2S4. The van der Waals surface area contributed by atoms with E-state index in [2.05, 4.69) is 24.3 Å². The van der Waals surface area contributed by atoms with Crippen molar-refractivity contribution >= 4 is 47.0 Å². The van der Waals surface area contributed by atoms with Crippen molar-refractivity contribution in [1.29, 1.82) is 0 Å². The highest BCUT2D eigenvalue weighted by molar-refractivity contribution is 8.18. The molecule has 0 aliphatic carbocycles. The first kappa shape index (κ1) is 21.3. The van der Waals surface area contributed by atoms with Crippen LogP contribution in [0.5, 0.6) is 0 Å². The highest BCUT2D eigenvalue weighted by atomic mass is 32.2. The average Bonchev–Trinajstić information content (AvgIpc) is 2.72. The molecule has 0 aromatic heterocycles. The van der Waals surface area contributed by atoms with Gasteiger partial charge in [-0.25, -0.2) is 0 Å². The maximum Gasteiger partial charge on any atom is 0.0761 e. The molecule has 2 N–H and O–H groups in total. The molecule has 0 bridgehead atoms. The van der Waals surface area contributed by atoms with Crippen LogP contribution < -0.4 is 0 Å². The van der Waals surface area contributed by atoms with E-state index in [1.165, 1.54) is 47.0 Å². The minimum Gasteiger partial charge on any atom is -0.391 e. The molecule has 2 aliphatic rings. The summed E-state index contributed by atoms with van der Waals surface area (Å²) >= 11 is 7.66. The second kappa shape index (κ2) is 11.5. The first-order chi connectivity index (χ1) is 12.7. The molecule has 146 valence electrons. The van der Waals surface area contributed by atoms with Crippen molar-refractivity contribution < 1.29 is 10.2 Å². The molecule has 0 unspecified atom stereocenters. The summed E-state index contributed by atoms with van der Waals surface area (Å²) in [4.78, 5) is 0. The summed E-state index contributed by atoms with van der Waals surface area (Å²) in [5, 5.41) is 21.1. The van der Waals surface area contributed by atoms with Crippen LogP contribution in [0.1, 0.15) is 36.8 Å². The topological polar surface area (TPSA) is 40.5 Å². The third-order valence-electron chi connectivity index (χ3n) is 4.87. The summed E-state index contributed by atoms with van der Waals surface area (Å²) in [5.74, 6) is 4.72. The number of benzene rings is 1. The zero-order valence-electron chi connectivity index (χ0n) is 15.2. The van der Waals surface area contributed by atoms with Crippen molar-refractivity contribution in [2.75, 3.05) is 23.0 Å². The fraction of sp³-hybridized carbons (Fsp3) is 0.700. The van der Waals surface area contributed by atoms with Crippen LogP contribution in [-0.4, -0.2) is 54.6 Å². The Balaban J connectivity index is 1.49. The highest BCUT2D eigenvalue weighted by Gasteiger charge is 2.24. The molecule has 1 aromatic carbocycles. The second-order valence-corrected chi connectivity index (χ2v) is 12.5. The Kier molecular flexibility index (Phi) is 9.42. The molecule has 26 heavy (non-hydrogen) atoms. The first-order valence-corrected chi connectivity index (χ1v) is 13.8. The summed E-state index contributed by atoms with van der Waals surface area (Å²) in [6, 6.07) is 8.58. The van der Waals surface area contributed by atoms with Crippen LogP contribution in [0.3, 0.4) is 0 Å². The summed E-state index contributed by atoms with van der Waals surface area (Å²) in [5.41, 5.74) is 2.68. The van der Waals surface area contributed by atoms with Crippen LogP contribution in [0.2, 0.25) is 0 Å². The van der Waals surface area contributed by atoms with Gasteiger partial charge in [-0.3, -0.25) is 0 Å². The van der Waals surface area contributed by atoms with Gasteiger partial charge in [0.25, 0.3) is 0 Å². The Bertz CT molecular complexity index is 483. The van der Waals surface area contributed by atoms with Crippen molar-refractivity contribution in [3.05, 3.63) is 35.4 Å². The molecule has 3 rings (SSSR count). The molecule has 6 heteroatoms. The Morgan fingerprint density at radius 2 is 1.12 bits per heavy atom. The van der Waals surface area contributed by atoms with Crippen LogP contribution >= 0.6 is 47.0 Å². The number of aliphatic hydroxyl groups excluding tert-OH is 2. The van der Waals surface area contributed by atoms with E-state index in [-0.39, 0.29) is 12.2 Å². The van der Waals surface area contributed by atoms with Gasteiger partial charge in [0, 0.05) is 0 Å². The van der Waals surface area contributed by atoms with Gasteiger partial charge in [0.15, 0.2) is 0 Å². The molecule has 2 fully saturated rings. The number of thioether (sulfide) groups is 4. The normalized spacial score (nSPS) is 22.2. The van der Waals surface area contributed by atoms with E-state index in [1.54, 1.807) is 0 Å². The average molecular weight is 431 g/mol. The smallest absolute Gasteiger partial charge is 0.0761 e.